The van der Waals surface area contributed by atoms with E-state index in [1.54, 1.807) is 4.44 Å². The van der Waals surface area contributed by atoms with Gasteiger partial charge in [-0.3, -0.25) is 0 Å². The number of hydrogen-bond donors (Lipinski definition) is 0. The van der Waals surface area contributed by atoms with Gasteiger partial charge in [-0.05, 0) is 0 Å². The summed E-state index contributed by atoms with van der Waals surface area (Å²) in [7, 11) is 0. The number of alkyl halides is 1. The minimum absolute atomic E-state index is 1.19. The molecule has 0 aromatic heterocycles. The van der Waals surface area contributed by atoms with Crippen LogP contribution in [0.3, 0.4) is 0 Å². The molecule has 0 rings (SSSR count). The molecule has 0 radical (unpaired) electrons. The van der Waals surface area contributed by atoms with Crippen LogP contribution in [0.1, 0.15) is 12.8 Å². The van der Waals surface area contributed by atoms with Gasteiger partial charge in [-0.15, -0.1) is 0 Å². The Balaban J connectivity index is 3.07. The number of halogens is 1. The van der Waals surface area contributed by atoms with Gasteiger partial charge >= 0.3 is 71.7 Å². The summed E-state index contributed by atoms with van der Waals surface area (Å²) in [4.78, 5) is 7.51. The van der Waals surface area contributed by atoms with Gasteiger partial charge in [0.05, 0.1) is 0 Å². The molecule has 2 heteroatoms. The fourth-order valence-electron chi connectivity index (χ4n) is 0.750. The summed E-state index contributed by atoms with van der Waals surface area (Å²) in [5.41, 5.74) is 0. The molecule has 0 saturated carbocycles. The average molecular weight is 300 g/mol. The number of rotatable bonds is 4. The van der Waals surface area contributed by atoms with Crippen LogP contribution in [-0.2, 0) is 0 Å². The molecule has 0 amide bonds. The summed E-state index contributed by atoms with van der Waals surface area (Å²) in [6.07, 6.45) is 2.82. The monoisotopic (exact) mass is 300 g/mol. The average Bonchev–Trinajstić information content (AvgIpc) is 1.63. The molecule has 0 aliphatic carbocycles. The van der Waals surface area contributed by atoms with E-state index in [0.717, 1.165) is 0 Å². The predicted molar refractivity (Wildman–Crippen MR) is 51.2 cm³/mol. The summed E-state index contributed by atoms with van der Waals surface area (Å²) in [5.74, 6) is 0. The zero-order valence-electron chi connectivity index (χ0n) is 6.71. The summed E-state index contributed by atoms with van der Waals surface area (Å²) in [5, 5.41) is 1.19. The fraction of sp³-hybridized carbons (Fsp3) is 1.00. The van der Waals surface area contributed by atoms with Crippen molar-refractivity contribution in [3.63, 3.8) is 0 Å². The normalized spacial score (nSPS) is 12.0. The van der Waals surface area contributed by atoms with Gasteiger partial charge in [0.15, 0.2) is 0 Å². The van der Waals surface area contributed by atoms with Gasteiger partial charge in [0.2, 0.25) is 0 Å². The standard InChI is InChI=1S/C4H8Br.3CH3.Sn/c1-2-3-4-5;;;;/h1-4H2;3*1H3;. The molecular formula is C7H17BrSn. The van der Waals surface area contributed by atoms with E-state index in [-0.39, 0.29) is 0 Å². The molecule has 0 atom stereocenters. The molecule has 0 heterocycles. The maximum atomic E-state index is 3.44. The molecule has 0 aliphatic heterocycles. The number of hydrogen-bond acceptors (Lipinski definition) is 0. The third-order valence-electron chi connectivity index (χ3n) is 1.31. The fourth-order valence-corrected chi connectivity index (χ4v) is 4.89. The van der Waals surface area contributed by atoms with Gasteiger partial charge in [-0.2, -0.15) is 0 Å². The first-order valence-electron chi connectivity index (χ1n) is 3.62. The van der Waals surface area contributed by atoms with Crippen LogP contribution in [0, 0.1) is 0 Å². The van der Waals surface area contributed by atoms with Crippen molar-refractivity contribution >= 4 is 34.3 Å². The van der Waals surface area contributed by atoms with E-state index in [1.807, 2.05) is 0 Å². The van der Waals surface area contributed by atoms with Crippen molar-refractivity contribution in [1.82, 2.24) is 0 Å². The van der Waals surface area contributed by atoms with E-state index in [0.29, 0.717) is 0 Å². The predicted octanol–water partition coefficient (Wildman–Crippen LogP) is 3.50. The second-order valence-corrected chi connectivity index (χ2v) is 20.5. The molecular weight excluding hydrogens is 283 g/mol. The van der Waals surface area contributed by atoms with Crippen LogP contribution in [0.5, 0.6) is 0 Å². The Bertz CT molecular complexity index is 65.8. The Morgan fingerprint density at radius 2 is 1.67 bits per heavy atom. The van der Waals surface area contributed by atoms with E-state index < -0.39 is 18.4 Å². The van der Waals surface area contributed by atoms with E-state index in [9.17, 15) is 0 Å². The van der Waals surface area contributed by atoms with Crippen LogP contribution in [0.4, 0.5) is 0 Å². The molecule has 0 aromatic rings. The van der Waals surface area contributed by atoms with Crippen molar-refractivity contribution in [3.05, 3.63) is 0 Å². The van der Waals surface area contributed by atoms with Gasteiger partial charge < -0.3 is 0 Å². The second kappa shape index (κ2) is 5.00. The second-order valence-electron chi connectivity index (χ2n) is 3.71. The molecule has 0 unspecified atom stereocenters. The molecule has 0 aliphatic rings. The van der Waals surface area contributed by atoms with Gasteiger partial charge in [0.25, 0.3) is 0 Å². The van der Waals surface area contributed by atoms with Gasteiger partial charge in [0, 0.05) is 0 Å². The summed E-state index contributed by atoms with van der Waals surface area (Å²) < 4.78 is 1.56. The van der Waals surface area contributed by atoms with E-state index in [4.69, 9.17) is 0 Å². The zero-order valence-corrected chi connectivity index (χ0v) is 11.1. The Kier molecular flexibility index (Phi) is 5.71. The first-order valence-corrected chi connectivity index (χ1v) is 15.3. The zero-order chi connectivity index (χ0) is 7.33. The van der Waals surface area contributed by atoms with Crippen LogP contribution in [0.2, 0.25) is 19.3 Å². The van der Waals surface area contributed by atoms with E-state index >= 15 is 0 Å². The van der Waals surface area contributed by atoms with Gasteiger partial charge in [0.1, 0.15) is 0 Å². The topological polar surface area (TPSA) is 0 Å². The van der Waals surface area contributed by atoms with E-state index in [1.165, 1.54) is 18.2 Å². The Hall–Kier alpha value is 1.28. The Morgan fingerprint density at radius 1 is 1.11 bits per heavy atom. The molecule has 9 heavy (non-hydrogen) atoms. The molecule has 0 fully saturated rings. The minimum atomic E-state index is -1.35. The van der Waals surface area contributed by atoms with Crippen molar-refractivity contribution < 1.29 is 0 Å². The van der Waals surface area contributed by atoms with Crippen LogP contribution >= 0.6 is 15.9 Å². The van der Waals surface area contributed by atoms with Crippen LogP contribution in [0.15, 0.2) is 0 Å². The van der Waals surface area contributed by atoms with Crippen molar-refractivity contribution in [1.29, 1.82) is 0 Å². The first kappa shape index (κ1) is 10.3. The summed E-state index contributed by atoms with van der Waals surface area (Å²) in [6, 6.07) is 0. The molecule has 56 valence electrons. The number of unbranched alkanes of at least 4 members (excludes halogenated alkanes) is 1. The quantitative estimate of drug-likeness (QED) is 0.423. The van der Waals surface area contributed by atoms with Crippen molar-refractivity contribution in [2.45, 2.75) is 32.1 Å². The molecule has 0 nitrogen and oxygen atoms in total. The molecule has 0 bridgehead atoms. The molecule has 0 aromatic carbocycles. The van der Waals surface area contributed by atoms with Crippen molar-refractivity contribution in [3.8, 4) is 0 Å². The first-order chi connectivity index (χ1) is 4.06. The van der Waals surface area contributed by atoms with Gasteiger partial charge in [-0.25, -0.2) is 0 Å². The van der Waals surface area contributed by atoms with Gasteiger partial charge in [-0.1, -0.05) is 0 Å². The maximum absolute atomic E-state index is 3.44. The van der Waals surface area contributed by atoms with Crippen molar-refractivity contribution in [2.24, 2.45) is 0 Å². The van der Waals surface area contributed by atoms with Crippen LogP contribution < -0.4 is 0 Å². The summed E-state index contributed by atoms with van der Waals surface area (Å²) in [6.45, 7) is 0. The third-order valence-corrected chi connectivity index (χ3v) is 7.16. The third kappa shape index (κ3) is 9.28. The SMILES string of the molecule is [CH3][Sn]([CH3])([CH3])[CH2]CCCBr. The Morgan fingerprint density at radius 3 is 2.00 bits per heavy atom. The van der Waals surface area contributed by atoms with Crippen LogP contribution in [-0.4, -0.2) is 23.7 Å². The molecule has 0 N–H and O–H groups in total. The van der Waals surface area contributed by atoms with Crippen molar-refractivity contribution in [2.75, 3.05) is 5.33 Å². The molecule has 0 saturated heterocycles. The van der Waals surface area contributed by atoms with Crippen LogP contribution in [0.25, 0.3) is 0 Å². The van der Waals surface area contributed by atoms with E-state index in [2.05, 4.69) is 30.7 Å². The summed E-state index contributed by atoms with van der Waals surface area (Å²) >= 11 is 2.09. The molecule has 0 spiro atoms. The Labute approximate surface area is 71.4 Å².